The van der Waals surface area contributed by atoms with Crippen LogP contribution in [-0.2, 0) is 22.5 Å². The lowest BCUT2D eigenvalue weighted by Gasteiger charge is -2.21. The molecule has 0 radical (unpaired) electrons. The van der Waals surface area contributed by atoms with Gasteiger partial charge in [0, 0.05) is 11.4 Å². The quantitative estimate of drug-likeness (QED) is 0.418. The lowest BCUT2D eigenvalue weighted by Crippen LogP contribution is -2.27. The maximum atomic E-state index is 13.4. The Bertz CT molecular complexity index is 1100. The van der Waals surface area contributed by atoms with Crippen LogP contribution in [0.4, 0.5) is 0 Å². The Morgan fingerprint density at radius 1 is 1.30 bits per heavy atom. The summed E-state index contributed by atoms with van der Waals surface area (Å²) in [5.41, 5.74) is 0.789. The Hall–Kier alpha value is -2.67. The number of para-hydroxylation sites is 1. The second-order valence-corrected chi connectivity index (χ2v) is 8.53. The van der Waals surface area contributed by atoms with Crippen LogP contribution >= 0.6 is 11.3 Å². The van der Waals surface area contributed by atoms with Crippen LogP contribution in [0.5, 0.6) is 5.75 Å². The molecule has 6 nitrogen and oxygen atoms in total. The van der Waals surface area contributed by atoms with Gasteiger partial charge in [0.1, 0.15) is 16.4 Å². The van der Waals surface area contributed by atoms with E-state index in [4.69, 9.17) is 14.5 Å². The maximum Gasteiger partial charge on any atom is 0.313 e. The molecule has 1 aromatic carbocycles. The molecule has 1 aliphatic rings. The van der Waals surface area contributed by atoms with Crippen LogP contribution < -0.4 is 10.3 Å². The molecule has 30 heavy (non-hydrogen) atoms. The Kier molecular flexibility index (Phi) is 6.18. The number of fused-ring (bicyclic) bond motifs is 3. The lowest BCUT2D eigenvalue weighted by atomic mass is 9.86. The second kappa shape index (κ2) is 9.00. The number of aromatic nitrogens is 2. The normalized spacial score (nSPS) is 15.7. The zero-order chi connectivity index (χ0) is 21.1. The number of carbonyl (C=O) groups excluding carboxylic acids is 1. The van der Waals surface area contributed by atoms with E-state index in [0.29, 0.717) is 37.4 Å². The van der Waals surface area contributed by atoms with Crippen molar-refractivity contribution in [3.63, 3.8) is 0 Å². The molecular weight excluding hydrogens is 400 g/mol. The van der Waals surface area contributed by atoms with Crippen molar-refractivity contribution < 1.29 is 14.3 Å². The van der Waals surface area contributed by atoms with Gasteiger partial charge in [0.05, 0.1) is 24.5 Å². The SMILES string of the molecule is CCOC(=O)C1CCCc2sc3nc(C)n(CCCOc4ccccc4)c(=O)c3c21. The number of hydrogen-bond acceptors (Lipinski definition) is 6. The third-order valence-corrected chi connectivity index (χ3v) is 6.63. The molecule has 0 aliphatic heterocycles. The molecule has 4 rings (SSSR count). The minimum absolute atomic E-state index is 0.0640. The average molecular weight is 427 g/mol. The zero-order valence-corrected chi connectivity index (χ0v) is 18.2. The minimum Gasteiger partial charge on any atom is -0.494 e. The molecule has 0 spiro atoms. The monoisotopic (exact) mass is 426 g/mol. The summed E-state index contributed by atoms with van der Waals surface area (Å²) >= 11 is 1.54. The van der Waals surface area contributed by atoms with E-state index in [9.17, 15) is 9.59 Å². The first kappa shape index (κ1) is 20.6. The third kappa shape index (κ3) is 3.99. The molecule has 0 fully saturated rings. The molecule has 1 aliphatic carbocycles. The van der Waals surface area contributed by atoms with Crippen LogP contribution in [0.15, 0.2) is 35.1 Å². The molecule has 3 aromatic rings. The van der Waals surface area contributed by atoms with Crippen molar-refractivity contribution in [2.24, 2.45) is 0 Å². The topological polar surface area (TPSA) is 70.4 Å². The van der Waals surface area contributed by atoms with Gasteiger partial charge in [-0.25, -0.2) is 4.98 Å². The van der Waals surface area contributed by atoms with E-state index in [0.717, 1.165) is 40.3 Å². The summed E-state index contributed by atoms with van der Waals surface area (Å²) < 4.78 is 12.8. The molecule has 2 aromatic heterocycles. The van der Waals surface area contributed by atoms with Gasteiger partial charge in [0.25, 0.3) is 5.56 Å². The van der Waals surface area contributed by atoms with Gasteiger partial charge in [-0.15, -0.1) is 11.3 Å². The van der Waals surface area contributed by atoms with Gasteiger partial charge in [0.15, 0.2) is 0 Å². The largest absolute Gasteiger partial charge is 0.494 e. The van der Waals surface area contributed by atoms with E-state index in [1.165, 1.54) is 0 Å². The number of benzene rings is 1. The predicted octanol–water partition coefficient (Wildman–Crippen LogP) is 4.22. The first-order valence-electron chi connectivity index (χ1n) is 10.5. The summed E-state index contributed by atoms with van der Waals surface area (Å²) in [6, 6.07) is 9.64. The van der Waals surface area contributed by atoms with Crippen LogP contribution in [0.3, 0.4) is 0 Å². The molecule has 0 saturated heterocycles. The summed E-state index contributed by atoms with van der Waals surface area (Å²) in [7, 11) is 0. The van der Waals surface area contributed by atoms with Crippen molar-refractivity contribution >= 4 is 27.5 Å². The summed E-state index contributed by atoms with van der Waals surface area (Å²) in [6.45, 7) is 5.05. The fraction of sp³-hybridized carbons (Fsp3) is 0.435. The standard InChI is InChI=1S/C23H26N2O4S/c1-3-28-23(27)17-11-7-12-18-19(17)20-21(30-18)24-15(2)25(22(20)26)13-8-14-29-16-9-5-4-6-10-16/h4-6,9-10,17H,3,7-8,11-14H2,1-2H3. The predicted molar refractivity (Wildman–Crippen MR) is 117 cm³/mol. The van der Waals surface area contributed by atoms with Gasteiger partial charge in [-0.3, -0.25) is 14.2 Å². The Morgan fingerprint density at radius 3 is 2.87 bits per heavy atom. The molecule has 158 valence electrons. The number of nitrogens with zero attached hydrogens (tertiary/aromatic N) is 2. The first-order chi connectivity index (χ1) is 14.6. The number of ether oxygens (including phenoxy) is 2. The maximum absolute atomic E-state index is 13.4. The van der Waals surface area contributed by atoms with Gasteiger partial charge >= 0.3 is 5.97 Å². The fourth-order valence-corrected chi connectivity index (χ4v) is 5.40. The van der Waals surface area contributed by atoms with Crippen molar-refractivity contribution in [1.29, 1.82) is 0 Å². The van der Waals surface area contributed by atoms with Crippen molar-refractivity contribution in [1.82, 2.24) is 9.55 Å². The summed E-state index contributed by atoms with van der Waals surface area (Å²) in [6.07, 6.45) is 3.22. The molecule has 0 N–H and O–H groups in total. The summed E-state index contributed by atoms with van der Waals surface area (Å²) in [4.78, 5) is 32.5. The smallest absolute Gasteiger partial charge is 0.313 e. The molecule has 2 heterocycles. The van der Waals surface area contributed by atoms with E-state index in [1.807, 2.05) is 44.2 Å². The summed E-state index contributed by atoms with van der Waals surface area (Å²) in [5, 5.41) is 0.599. The van der Waals surface area contributed by atoms with E-state index in [2.05, 4.69) is 0 Å². The van der Waals surface area contributed by atoms with E-state index in [-0.39, 0.29) is 17.4 Å². The van der Waals surface area contributed by atoms with Crippen LogP contribution in [0.1, 0.15) is 48.4 Å². The number of esters is 1. The highest BCUT2D eigenvalue weighted by molar-refractivity contribution is 7.18. The number of carbonyl (C=O) groups is 1. The minimum atomic E-state index is -0.366. The van der Waals surface area contributed by atoms with Crippen molar-refractivity contribution in [3.05, 3.63) is 57.0 Å². The zero-order valence-electron chi connectivity index (χ0n) is 17.3. The molecule has 1 atom stereocenters. The Morgan fingerprint density at radius 2 is 2.10 bits per heavy atom. The average Bonchev–Trinajstić information content (AvgIpc) is 3.12. The molecular formula is C23H26N2O4S. The second-order valence-electron chi connectivity index (χ2n) is 7.45. The molecule has 1 unspecified atom stereocenters. The number of thiophene rings is 1. The highest BCUT2D eigenvalue weighted by Gasteiger charge is 2.33. The van der Waals surface area contributed by atoms with Gasteiger partial charge in [-0.1, -0.05) is 18.2 Å². The highest BCUT2D eigenvalue weighted by Crippen LogP contribution is 2.41. The van der Waals surface area contributed by atoms with E-state index < -0.39 is 0 Å². The van der Waals surface area contributed by atoms with Gasteiger partial charge in [0.2, 0.25) is 0 Å². The lowest BCUT2D eigenvalue weighted by molar-refractivity contribution is -0.145. The van der Waals surface area contributed by atoms with Gasteiger partial charge in [-0.2, -0.15) is 0 Å². The number of hydrogen-bond donors (Lipinski definition) is 0. The van der Waals surface area contributed by atoms with E-state index >= 15 is 0 Å². The van der Waals surface area contributed by atoms with Crippen LogP contribution in [0.25, 0.3) is 10.2 Å². The van der Waals surface area contributed by atoms with Gasteiger partial charge < -0.3 is 9.47 Å². The Balaban J connectivity index is 1.61. The highest BCUT2D eigenvalue weighted by atomic mass is 32.1. The molecule has 0 bridgehead atoms. The van der Waals surface area contributed by atoms with Crippen molar-refractivity contribution in [2.45, 2.75) is 52.0 Å². The molecule has 0 saturated carbocycles. The number of aryl methyl sites for hydroxylation is 2. The van der Waals surface area contributed by atoms with Crippen LogP contribution in [0, 0.1) is 6.92 Å². The van der Waals surface area contributed by atoms with E-state index in [1.54, 1.807) is 15.9 Å². The van der Waals surface area contributed by atoms with Gasteiger partial charge in [-0.05, 0) is 57.2 Å². The first-order valence-corrected chi connectivity index (χ1v) is 11.3. The third-order valence-electron chi connectivity index (χ3n) is 5.47. The Labute approximate surface area is 179 Å². The molecule has 0 amide bonds. The fourth-order valence-electron chi connectivity index (χ4n) is 4.09. The van der Waals surface area contributed by atoms with Crippen LogP contribution in [0.2, 0.25) is 0 Å². The summed E-state index contributed by atoms with van der Waals surface area (Å²) in [5.74, 6) is 0.910. The number of rotatable bonds is 7. The van der Waals surface area contributed by atoms with Crippen molar-refractivity contribution in [3.8, 4) is 5.75 Å². The molecule has 7 heteroatoms. The van der Waals surface area contributed by atoms with Crippen LogP contribution in [-0.4, -0.2) is 28.7 Å². The van der Waals surface area contributed by atoms with Crippen molar-refractivity contribution in [2.75, 3.05) is 13.2 Å².